The molecular formula is C7H15ClO5S. The van der Waals surface area contributed by atoms with Crippen LogP contribution in [0.15, 0.2) is 0 Å². The van der Waals surface area contributed by atoms with Crippen molar-refractivity contribution in [2.75, 3.05) is 32.6 Å². The molecule has 0 aliphatic rings. The standard InChI is InChI=1S/C7H15ClO5S/c1-11-6-12-7(5-8)3-4-13-14(2,9)10/h7H,3-6H2,1-2H3. The maximum absolute atomic E-state index is 10.6. The number of methoxy groups -OCH3 is 1. The van der Waals surface area contributed by atoms with Gasteiger partial charge in [-0.3, -0.25) is 4.18 Å². The number of hydrogen-bond acceptors (Lipinski definition) is 5. The third-order valence-electron chi connectivity index (χ3n) is 1.33. The van der Waals surface area contributed by atoms with Gasteiger partial charge >= 0.3 is 0 Å². The smallest absolute Gasteiger partial charge is 0.264 e. The Labute approximate surface area is 89.4 Å². The summed E-state index contributed by atoms with van der Waals surface area (Å²) in [7, 11) is -1.88. The summed E-state index contributed by atoms with van der Waals surface area (Å²) >= 11 is 5.57. The average Bonchev–Trinajstić information content (AvgIpc) is 2.09. The van der Waals surface area contributed by atoms with E-state index in [0.29, 0.717) is 6.42 Å². The predicted octanol–water partition coefficient (Wildman–Crippen LogP) is 0.581. The molecular weight excluding hydrogens is 232 g/mol. The lowest BCUT2D eigenvalue weighted by Gasteiger charge is -2.13. The van der Waals surface area contributed by atoms with Gasteiger partial charge in [0.25, 0.3) is 10.1 Å². The zero-order valence-corrected chi connectivity index (χ0v) is 9.81. The van der Waals surface area contributed by atoms with Crippen molar-refractivity contribution in [1.82, 2.24) is 0 Å². The van der Waals surface area contributed by atoms with E-state index >= 15 is 0 Å². The van der Waals surface area contributed by atoms with Gasteiger partial charge in [0.15, 0.2) is 0 Å². The van der Waals surface area contributed by atoms with Gasteiger partial charge in [-0.15, -0.1) is 11.6 Å². The van der Waals surface area contributed by atoms with Crippen molar-refractivity contribution < 1.29 is 22.1 Å². The second-order valence-electron chi connectivity index (χ2n) is 2.66. The molecule has 0 heterocycles. The topological polar surface area (TPSA) is 61.8 Å². The normalized spacial score (nSPS) is 14.2. The summed E-state index contributed by atoms with van der Waals surface area (Å²) in [6, 6.07) is 0. The number of hydrogen-bond donors (Lipinski definition) is 0. The van der Waals surface area contributed by atoms with Crippen molar-refractivity contribution in [1.29, 1.82) is 0 Å². The van der Waals surface area contributed by atoms with Crippen molar-refractivity contribution in [3.63, 3.8) is 0 Å². The minimum absolute atomic E-state index is 0.0694. The molecule has 1 unspecified atom stereocenters. The number of alkyl halides is 1. The van der Waals surface area contributed by atoms with Crippen molar-refractivity contribution in [2.24, 2.45) is 0 Å². The van der Waals surface area contributed by atoms with Crippen LogP contribution in [0.25, 0.3) is 0 Å². The molecule has 0 amide bonds. The van der Waals surface area contributed by atoms with Crippen LogP contribution >= 0.6 is 11.6 Å². The zero-order valence-electron chi connectivity index (χ0n) is 8.23. The third kappa shape index (κ3) is 8.71. The third-order valence-corrected chi connectivity index (χ3v) is 2.27. The lowest BCUT2D eigenvalue weighted by molar-refractivity contribution is -0.0685. The van der Waals surface area contributed by atoms with Crippen molar-refractivity contribution in [3.05, 3.63) is 0 Å². The van der Waals surface area contributed by atoms with Crippen molar-refractivity contribution in [2.45, 2.75) is 12.5 Å². The van der Waals surface area contributed by atoms with Gasteiger partial charge < -0.3 is 9.47 Å². The fraction of sp³-hybridized carbons (Fsp3) is 1.00. The van der Waals surface area contributed by atoms with Crippen molar-refractivity contribution in [3.8, 4) is 0 Å². The number of halogens is 1. The molecule has 0 aliphatic carbocycles. The molecule has 86 valence electrons. The summed E-state index contributed by atoms with van der Waals surface area (Å²) < 4.78 is 35.5. The summed E-state index contributed by atoms with van der Waals surface area (Å²) in [5, 5.41) is 0. The first kappa shape index (κ1) is 14.1. The van der Waals surface area contributed by atoms with Gasteiger partial charge in [-0.1, -0.05) is 0 Å². The van der Waals surface area contributed by atoms with Gasteiger partial charge in [0.1, 0.15) is 6.79 Å². The minimum Gasteiger partial charge on any atom is -0.359 e. The molecule has 1 atom stereocenters. The molecule has 5 nitrogen and oxygen atoms in total. The Morgan fingerprint density at radius 1 is 1.43 bits per heavy atom. The fourth-order valence-corrected chi connectivity index (χ4v) is 1.34. The van der Waals surface area contributed by atoms with Crippen LogP contribution in [-0.4, -0.2) is 47.2 Å². The van der Waals surface area contributed by atoms with Gasteiger partial charge in [-0.25, -0.2) is 0 Å². The Bertz CT molecular complexity index is 228. The van der Waals surface area contributed by atoms with Gasteiger partial charge in [0.05, 0.1) is 19.0 Å². The molecule has 0 aromatic carbocycles. The van der Waals surface area contributed by atoms with Gasteiger partial charge in [0, 0.05) is 13.0 Å². The summed E-state index contributed by atoms with van der Waals surface area (Å²) in [4.78, 5) is 0. The van der Waals surface area contributed by atoms with E-state index in [1.54, 1.807) is 0 Å². The molecule has 0 bridgehead atoms. The zero-order chi connectivity index (χ0) is 11.0. The van der Waals surface area contributed by atoms with E-state index in [4.69, 9.17) is 16.3 Å². The minimum atomic E-state index is -3.38. The SMILES string of the molecule is COCOC(CCl)CCOS(C)(=O)=O. The Kier molecular flexibility index (Phi) is 7.48. The summed E-state index contributed by atoms with van der Waals surface area (Å²) in [5.74, 6) is 0.274. The second kappa shape index (κ2) is 7.42. The highest BCUT2D eigenvalue weighted by Crippen LogP contribution is 2.03. The monoisotopic (exact) mass is 246 g/mol. The maximum atomic E-state index is 10.6. The van der Waals surface area contributed by atoms with Crippen LogP contribution in [0.4, 0.5) is 0 Å². The van der Waals surface area contributed by atoms with Crippen LogP contribution in [0.5, 0.6) is 0 Å². The largest absolute Gasteiger partial charge is 0.359 e. The van der Waals surface area contributed by atoms with Crippen LogP contribution in [0.3, 0.4) is 0 Å². The van der Waals surface area contributed by atoms with Gasteiger partial charge in [-0.2, -0.15) is 8.42 Å². The van der Waals surface area contributed by atoms with Crippen LogP contribution in [0, 0.1) is 0 Å². The van der Waals surface area contributed by atoms with Crippen molar-refractivity contribution >= 4 is 21.7 Å². The van der Waals surface area contributed by atoms with Gasteiger partial charge in [0.2, 0.25) is 0 Å². The van der Waals surface area contributed by atoms with Crippen LogP contribution in [0.2, 0.25) is 0 Å². The molecule has 0 rings (SSSR count). The van der Waals surface area contributed by atoms with Crippen LogP contribution < -0.4 is 0 Å². The molecule has 0 aromatic rings. The Balaban J connectivity index is 3.62. The van der Waals surface area contributed by atoms with E-state index in [1.165, 1.54) is 7.11 Å². The molecule has 0 N–H and O–H groups in total. The van der Waals surface area contributed by atoms with Crippen LogP contribution in [0.1, 0.15) is 6.42 Å². The van der Waals surface area contributed by atoms with E-state index in [-0.39, 0.29) is 25.4 Å². The highest BCUT2D eigenvalue weighted by atomic mass is 35.5. The van der Waals surface area contributed by atoms with E-state index in [1.807, 2.05) is 0 Å². The Morgan fingerprint density at radius 2 is 2.07 bits per heavy atom. The molecule has 0 fully saturated rings. The molecule has 0 spiro atoms. The molecule has 0 saturated heterocycles. The molecule has 0 radical (unpaired) electrons. The average molecular weight is 247 g/mol. The highest BCUT2D eigenvalue weighted by molar-refractivity contribution is 7.85. The van der Waals surface area contributed by atoms with E-state index in [9.17, 15) is 8.42 Å². The quantitative estimate of drug-likeness (QED) is 0.356. The Hall–Kier alpha value is 0.120. The molecule has 0 saturated carbocycles. The maximum Gasteiger partial charge on any atom is 0.264 e. The summed E-state index contributed by atoms with van der Waals surface area (Å²) in [6.45, 7) is 0.205. The van der Waals surface area contributed by atoms with E-state index in [2.05, 4.69) is 8.92 Å². The lowest BCUT2D eigenvalue weighted by atomic mass is 10.3. The first-order valence-electron chi connectivity index (χ1n) is 4.00. The first-order chi connectivity index (χ1) is 6.49. The highest BCUT2D eigenvalue weighted by Gasteiger charge is 2.09. The van der Waals surface area contributed by atoms with Crippen LogP contribution in [-0.2, 0) is 23.8 Å². The predicted molar refractivity (Wildman–Crippen MR) is 52.9 cm³/mol. The lowest BCUT2D eigenvalue weighted by Crippen LogP contribution is -2.19. The molecule has 7 heteroatoms. The molecule has 0 aromatic heterocycles. The second-order valence-corrected chi connectivity index (χ2v) is 4.62. The molecule has 14 heavy (non-hydrogen) atoms. The number of rotatable bonds is 8. The van der Waals surface area contributed by atoms with E-state index in [0.717, 1.165) is 6.26 Å². The fourth-order valence-electron chi connectivity index (χ4n) is 0.700. The summed E-state index contributed by atoms with van der Waals surface area (Å²) in [5.41, 5.74) is 0. The molecule has 0 aliphatic heterocycles. The first-order valence-corrected chi connectivity index (χ1v) is 6.35. The number of ether oxygens (including phenoxy) is 2. The van der Waals surface area contributed by atoms with E-state index < -0.39 is 10.1 Å². The summed E-state index contributed by atoms with van der Waals surface area (Å²) in [6.07, 6.45) is 1.16. The van der Waals surface area contributed by atoms with Gasteiger partial charge in [-0.05, 0) is 6.42 Å². The Morgan fingerprint density at radius 3 is 2.50 bits per heavy atom.